The van der Waals surface area contributed by atoms with Gasteiger partial charge in [-0.15, -0.1) is 0 Å². The second-order valence-electron chi connectivity index (χ2n) is 3.00. The molecule has 1 rings (SSSR count). The molecule has 0 aromatic heterocycles. The van der Waals surface area contributed by atoms with Crippen LogP contribution in [0.1, 0.15) is 16.8 Å². The van der Waals surface area contributed by atoms with Gasteiger partial charge in [0.15, 0.2) is 0 Å². The number of aromatic hydroxyl groups is 2. The van der Waals surface area contributed by atoms with E-state index >= 15 is 0 Å². The van der Waals surface area contributed by atoms with Crippen molar-refractivity contribution in [2.45, 2.75) is 6.42 Å². The van der Waals surface area contributed by atoms with Gasteiger partial charge >= 0.3 is 0 Å². The molecule has 0 saturated carbocycles. The van der Waals surface area contributed by atoms with E-state index in [1.165, 1.54) is 18.2 Å². The van der Waals surface area contributed by atoms with E-state index in [0.29, 0.717) is 13.0 Å². The van der Waals surface area contributed by atoms with E-state index < -0.39 is 5.91 Å². The summed E-state index contributed by atoms with van der Waals surface area (Å²) in [6, 6.07) is 4.08. The summed E-state index contributed by atoms with van der Waals surface area (Å²) in [4.78, 5) is 11.4. The van der Waals surface area contributed by atoms with Crippen molar-refractivity contribution in [3.63, 3.8) is 0 Å². The number of benzene rings is 1. The molecule has 0 fully saturated rings. The lowest BCUT2D eigenvalue weighted by Crippen LogP contribution is -2.25. The highest BCUT2D eigenvalue weighted by atomic mass is 16.3. The first-order valence-electron chi connectivity index (χ1n) is 4.57. The summed E-state index contributed by atoms with van der Waals surface area (Å²) in [7, 11) is 0. The number of carbonyl (C=O) groups is 1. The SMILES string of the molecule is O=C(NCCCO)c1c(O)cccc1O. The first kappa shape index (κ1) is 11.3. The second-order valence-corrected chi connectivity index (χ2v) is 3.00. The Morgan fingerprint density at radius 3 is 2.40 bits per heavy atom. The number of carbonyl (C=O) groups excluding carboxylic acids is 1. The lowest BCUT2D eigenvalue weighted by atomic mass is 10.1. The Bertz CT molecular complexity index is 331. The van der Waals surface area contributed by atoms with Crippen LogP contribution in [-0.4, -0.2) is 34.4 Å². The topological polar surface area (TPSA) is 89.8 Å². The first-order chi connectivity index (χ1) is 7.16. The lowest BCUT2D eigenvalue weighted by Gasteiger charge is -2.07. The Morgan fingerprint density at radius 1 is 1.27 bits per heavy atom. The van der Waals surface area contributed by atoms with Crippen LogP contribution in [0.5, 0.6) is 11.5 Å². The molecule has 0 saturated heterocycles. The van der Waals surface area contributed by atoms with Crippen molar-refractivity contribution in [1.82, 2.24) is 5.32 Å². The van der Waals surface area contributed by atoms with Crippen molar-refractivity contribution >= 4 is 5.91 Å². The fourth-order valence-corrected chi connectivity index (χ4v) is 1.13. The molecular formula is C10H13NO4. The Balaban J connectivity index is 2.73. The molecule has 1 aromatic rings. The first-order valence-corrected chi connectivity index (χ1v) is 4.57. The molecule has 0 atom stereocenters. The zero-order valence-electron chi connectivity index (χ0n) is 8.10. The maximum Gasteiger partial charge on any atom is 0.258 e. The lowest BCUT2D eigenvalue weighted by molar-refractivity contribution is 0.0945. The zero-order chi connectivity index (χ0) is 11.3. The zero-order valence-corrected chi connectivity index (χ0v) is 8.10. The number of phenols is 2. The molecule has 1 amide bonds. The molecule has 0 aliphatic rings. The summed E-state index contributed by atoms with van der Waals surface area (Å²) >= 11 is 0. The van der Waals surface area contributed by atoms with Crippen molar-refractivity contribution in [1.29, 1.82) is 0 Å². The van der Waals surface area contributed by atoms with Crippen molar-refractivity contribution < 1.29 is 20.1 Å². The van der Waals surface area contributed by atoms with Crippen LogP contribution in [0.3, 0.4) is 0 Å². The third kappa shape index (κ3) is 2.85. The van der Waals surface area contributed by atoms with E-state index in [-0.39, 0.29) is 23.7 Å². The summed E-state index contributed by atoms with van der Waals surface area (Å²) in [5, 5.41) is 29.7. The number of phenolic OH excluding ortho intramolecular Hbond substituents is 2. The van der Waals surface area contributed by atoms with Gasteiger partial charge in [0.1, 0.15) is 17.1 Å². The minimum atomic E-state index is -0.556. The molecule has 15 heavy (non-hydrogen) atoms. The molecule has 4 N–H and O–H groups in total. The van der Waals surface area contributed by atoms with Gasteiger partial charge in [0.25, 0.3) is 5.91 Å². The highest BCUT2D eigenvalue weighted by molar-refractivity contribution is 5.99. The molecule has 0 spiro atoms. The Morgan fingerprint density at radius 2 is 1.87 bits per heavy atom. The summed E-state index contributed by atoms with van der Waals surface area (Å²) in [6.45, 7) is 0.274. The van der Waals surface area contributed by atoms with Crippen molar-refractivity contribution in [3.05, 3.63) is 23.8 Å². The van der Waals surface area contributed by atoms with Crippen molar-refractivity contribution in [2.75, 3.05) is 13.2 Å². The van der Waals surface area contributed by atoms with E-state index in [0.717, 1.165) is 0 Å². The van der Waals surface area contributed by atoms with Crippen LogP contribution in [-0.2, 0) is 0 Å². The van der Waals surface area contributed by atoms with Crippen molar-refractivity contribution in [2.24, 2.45) is 0 Å². The van der Waals surface area contributed by atoms with Crippen LogP contribution in [0.2, 0.25) is 0 Å². The van der Waals surface area contributed by atoms with Crippen LogP contribution >= 0.6 is 0 Å². The number of aliphatic hydroxyl groups is 1. The fraction of sp³-hybridized carbons (Fsp3) is 0.300. The number of nitrogens with one attached hydrogen (secondary N) is 1. The fourth-order valence-electron chi connectivity index (χ4n) is 1.13. The summed E-state index contributed by atoms with van der Waals surface area (Å²) in [6.07, 6.45) is 0.431. The molecule has 0 heterocycles. The molecule has 0 aliphatic heterocycles. The minimum Gasteiger partial charge on any atom is -0.507 e. The van der Waals surface area contributed by atoms with Crippen LogP contribution in [0.25, 0.3) is 0 Å². The summed E-state index contributed by atoms with van der Waals surface area (Å²) in [5.74, 6) is -1.09. The monoisotopic (exact) mass is 211 g/mol. The van der Waals surface area contributed by atoms with Crippen LogP contribution in [0, 0.1) is 0 Å². The van der Waals surface area contributed by atoms with Gasteiger partial charge in [-0.3, -0.25) is 4.79 Å². The second kappa shape index (κ2) is 5.21. The van der Waals surface area contributed by atoms with Gasteiger partial charge in [0, 0.05) is 13.2 Å². The van der Waals surface area contributed by atoms with Gasteiger partial charge in [-0.25, -0.2) is 0 Å². The highest BCUT2D eigenvalue weighted by Gasteiger charge is 2.14. The smallest absolute Gasteiger partial charge is 0.258 e. The van der Waals surface area contributed by atoms with Gasteiger partial charge < -0.3 is 20.6 Å². The van der Waals surface area contributed by atoms with Crippen LogP contribution in [0.15, 0.2) is 18.2 Å². The quantitative estimate of drug-likeness (QED) is 0.536. The molecule has 1 aromatic carbocycles. The van der Waals surface area contributed by atoms with Gasteiger partial charge in [0.05, 0.1) is 0 Å². The number of rotatable bonds is 4. The molecular weight excluding hydrogens is 198 g/mol. The third-order valence-electron chi connectivity index (χ3n) is 1.87. The summed E-state index contributed by atoms with van der Waals surface area (Å²) < 4.78 is 0. The average Bonchev–Trinajstić information content (AvgIpc) is 2.18. The number of aliphatic hydroxyl groups excluding tert-OH is 1. The molecule has 0 bridgehead atoms. The van der Waals surface area contributed by atoms with E-state index in [4.69, 9.17) is 5.11 Å². The van der Waals surface area contributed by atoms with Gasteiger partial charge in [-0.05, 0) is 18.6 Å². The normalized spacial score (nSPS) is 9.93. The maximum absolute atomic E-state index is 11.4. The number of amides is 1. The molecule has 0 aliphatic carbocycles. The van der Waals surface area contributed by atoms with Gasteiger partial charge in [-0.2, -0.15) is 0 Å². The Hall–Kier alpha value is -1.75. The van der Waals surface area contributed by atoms with Gasteiger partial charge in [0.2, 0.25) is 0 Å². The summed E-state index contributed by atoms with van der Waals surface area (Å²) in [5.41, 5.74) is -0.143. The van der Waals surface area contributed by atoms with E-state index in [9.17, 15) is 15.0 Å². The van der Waals surface area contributed by atoms with Crippen molar-refractivity contribution in [3.8, 4) is 11.5 Å². The molecule has 5 heteroatoms. The van der Waals surface area contributed by atoms with Gasteiger partial charge in [-0.1, -0.05) is 6.07 Å². The van der Waals surface area contributed by atoms with Crippen LogP contribution in [0.4, 0.5) is 0 Å². The van der Waals surface area contributed by atoms with E-state index in [2.05, 4.69) is 5.32 Å². The molecule has 82 valence electrons. The number of hydrogen-bond acceptors (Lipinski definition) is 4. The Labute approximate surface area is 87.0 Å². The third-order valence-corrected chi connectivity index (χ3v) is 1.87. The molecule has 0 unspecified atom stereocenters. The minimum absolute atomic E-state index is 0.0208. The average molecular weight is 211 g/mol. The standard InChI is InChI=1S/C10H13NO4/c12-6-2-5-11-10(15)9-7(13)3-1-4-8(9)14/h1,3-4,12-14H,2,5-6H2,(H,11,15). The highest BCUT2D eigenvalue weighted by Crippen LogP contribution is 2.25. The van der Waals surface area contributed by atoms with E-state index in [1.54, 1.807) is 0 Å². The molecule has 5 nitrogen and oxygen atoms in total. The Kier molecular flexibility index (Phi) is 3.93. The predicted molar refractivity (Wildman–Crippen MR) is 53.8 cm³/mol. The predicted octanol–water partition coefficient (Wildman–Crippen LogP) is 0.210. The number of hydrogen-bond donors (Lipinski definition) is 4. The molecule has 0 radical (unpaired) electrons. The largest absolute Gasteiger partial charge is 0.507 e. The van der Waals surface area contributed by atoms with E-state index in [1.807, 2.05) is 0 Å². The maximum atomic E-state index is 11.4. The van der Waals surface area contributed by atoms with Crippen LogP contribution < -0.4 is 5.32 Å².